The molecule has 0 aliphatic rings. The van der Waals surface area contributed by atoms with Crippen LogP contribution in [0.25, 0.3) is 0 Å². The second-order valence-electron chi connectivity index (χ2n) is 4.11. The molecule has 0 amide bonds. The summed E-state index contributed by atoms with van der Waals surface area (Å²) in [5.74, 6) is -0.351. The normalized spacial score (nSPS) is 12.1. The summed E-state index contributed by atoms with van der Waals surface area (Å²) >= 11 is 0. The van der Waals surface area contributed by atoms with Crippen molar-refractivity contribution >= 4 is 11.7 Å². The molecule has 116 valence electrons. The van der Waals surface area contributed by atoms with Gasteiger partial charge in [0.2, 0.25) is 0 Å². The van der Waals surface area contributed by atoms with E-state index >= 15 is 0 Å². The molecule has 0 aromatic heterocycles. The molecule has 0 aliphatic carbocycles. The van der Waals surface area contributed by atoms with Gasteiger partial charge in [-0.1, -0.05) is 12.1 Å². The van der Waals surface area contributed by atoms with Crippen molar-refractivity contribution < 1.29 is 27.5 Å². The Labute approximate surface area is 120 Å². The predicted octanol–water partition coefficient (Wildman–Crippen LogP) is 3.70. The van der Waals surface area contributed by atoms with Crippen molar-refractivity contribution in [2.75, 3.05) is 6.61 Å². The van der Waals surface area contributed by atoms with Crippen LogP contribution in [0.4, 0.5) is 13.2 Å². The van der Waals surface area contributed by atoms with Gasteiger partial charge in [-0.15, -0.1) is 0 Å². The highest BCUT2D eigenvalue weighted by Crippen LogP contribution is 2.24. The number of benzene rings is 1. The molecule has 1 aromatic carbocycles. The lowest BCUT2D eigenvalue weighted by molar-refractivity contribution is -0.144. The Morgan fingerprint density at radius 3 is 2.29 bits per heavy atom. The Balaban J connectivity index is 2.97. The van der Waals surface area contributed by atoms with Gasteiger partial charge < -0.3 is 9.57 Å². The average molecular weight is 303 g/mol. The molecule has 0 bridgehead atoms. The number of hydrogen-bond donors (Lipinski definition) is 0. The fraction of sp³-hybridized carbons (Fsp3) is 0.429. The minimum Gasteiger partial charge on any atom is -0.494 e. The molecule has 0 radical (unpaired) electrons. The topological polar surface area (TPSA) is 47.9 Å². The number of oxime groups is 1. The fourth-order valence-corrected chi connectivity index (χ4v) is 1.49. The Morgan fingerprint density at radius 1 is 1.19 bits per heavy atom. The summed E-state index contributed by atoms with van der Waals surface area (Å²) in [6.07, 6.45) is -4.24. The Morgan fingerprint density at radius 2 is 1.81 bits per heavy atom. The van der Waals surface area contributed by atoms with Crippen LogP contribution in [0.3, 0.4) is 0 Å². The van der Waals surface area contributed by atoms with Crippen LogP contribution in [0.1, 0.15) is 32.3 Å². The van der Waals surface area contributed by atoms with Gasteiger partial charge in [0.15, 0.2) is 5.71 Å². The van der Waals surface area contributed by atoms with Crippen LogP contribution in [-0.4, -0.2) is 24.5 Å². The first-order valence-electron chi connectivity index (χ1n) is 6.46. The molecule has 0 heterocycles. The number of ether oxygens (including phenoxy) is 1. The third-order valence-electron chi connectivity index (χ3n) is 2.40. The van der Waals surface area contributed by atoms with Gasteiger partial charge in [0.05, 0.1) is 6.61 Å². The molecule has 0 fully saturated rings. The first-order chi connectivity index (χ1) is 9.88. The van der Waals surface area contributed by atoms with E-state index < -0.39 is 17.9 Å². The molecular formula is C14H16F3NO3. The Kier molecular flexibility index (Phi) is 6.20. The molecule has 7 heteroatoms. The van der Waals surface area contributed by atoms with Crippen LogP contribution in [0.5, 0.6) is 5.75 Å². The molecule has 0 atom stereocenters. The molecule has 1 aromatic rings. The quantitative estimate of drug-likeness (QED) is 0.457. The second-order valence-corrected chi connectivity index (χ2v) is 4.11. The molecule has 0 saturated heterocycles. The highest BCUT2D eigenvalue weighted by atomic mass is 19.4. The number of halogens is 3. The van der Waals surface area contributed by atoms with Crippen LogP contribution in [0.15, 0.2) is 29.4 Å². The maximum Gasteiger partial charge on any atom is 0.437 e. The lowest BCUT2D eigenvalue weighted by Gasteiger charge is -2.10. The average Bonchev–Trinajstić information content (AvgIpc) is 2.40. The highest BCUT2D eigenvalue weighted by Gasteiger charge is 2.38. The number of nitrogens with zero attached hydrogens (tertiary/aromatic N) is 1. The van der Waals surface area contributed by atoms with Crippen molar-refractivity contribution in [1.82, 2.24) is 0 Å². The van der Waals surface area contributed by atoms with E-state index in [1.807, 2.05) is 0 Å². The zero-order valence-corrected chi connectivity index (χ0v) is 11.7. The minimum atomic E-state index is -4.72. The van der Waals surface area contributed by atoms with Crippen molar-refractivity contribution in [2.24, 2.45) is 5.16 Å². The van der Waals surface area contributed by atoms with Gasteiger partial charge in [-0.25, -0.2) is 4.79 Å². The predicted molar refractivity (Wildman–Crippen MR) is 71.2 cm³/mol. The molecular weight excluding hydrogens is 287 g/mol. The Hall–Kier alpha value is -2.05. The van der Waals surface area contributed by atoms with E-state index in [2.05, 4.69) is 9.99 Å². The SMILES string of the molecule is CCCC(=O)ON=C(c1ccc(OCC)cc1)C(F)(F)F. The van der Waals surface area contributed by atoms with E-state index in [-0.39, 0.29) is 12.0 Å². The fourth-order valence-electron chi connectivity index (χ4n) is 1.49. The molecule has 0 aliphatic heterocycles. The van der Waals surface area contributed by atoms with E-state index in [1.54, 1.807) is 13.8 Å². The summed E-state index contributed by atoms with van der Waals surface area (Å²) < 4.78 is 44.0. The zero-order valence-electron chi connectivity index (χ0n) is 11.7. The molecule has 1 rings (SSSR count). The van der Waals surface area contributed by atoms with E-state index in [0.717, 1.165) is 0 Å². The summed E-state index contributed by atoms with van der Waals surface area (Å²) in [5.41, 5.74) is -1.45. The third kappa shape index (κ3) is 5.45. The summed E-state index contributed by atoms with van der Waals surface area (Å²) in [6, 6.07) is 5.22. The van der Waals surface area contributed by atoms with Crippen molar-refractivity contribution in [3.63, 3.8) is 0 Å². The number of carbonyl (C=O) groups is 1. The van der Waals surface area contributed by atoms with Gasteiger partial charge in [0, 0.05) is 12.0 Å². The summed E-state index contributed by atoms with van der Waals surface area (Å²) in [5, 5.41) is 2.96. The largest absolute Gasteiger partial charge is 0.494 e. The van der Waals surface area contributed by atoms with Crippen molar-refractivity contribution in [2.45, 2.75) is 32.9 Å². The van der Waals surface area contributed by atoms with Crippen LogP contribution in [0.2, 0.25) is 0 Å². The van der Waals surface area contributed by atoms with Gasteiger partial charge >= 0.3 is 12.1 Å². The van der Waals surface area contributed by atoms with Crippen LogP contribution < -0.4 is 4.74 Å². The van der Waals surface area contributed by atoms with Crippen molar-refractivity contribution in [1.29, 1.82) is 0 Å². The summed E-state index contributed by atoms with van der Waals surface area (Å²) in [4.78, 5) is 15.4. The molecule has 21 heavy (non-hydrogen) atoms. The van der Waals surface area contributed by atoms with Gasteiger partial charge in [-0.3, -0.25) is 0 Å². The van der Waals surface area contributed by atoms with Crippen LogP contribution in [0, 0.1) is 0 Å². The number of hydrogen-bond acceptors (Lipinski definition) is 4. The summed E-state index contributed by atoms with van der Waals surface area (Å²) in [7, 11) is 0. The maximum atomic E-state index is 12.9. The third-order valence-corrected chi connectivity index (χ3v) is 2.40. The second kappa shape index (κ2) is 7.66. The van der Waals surface area contributed by atoms with E-state index in [4.69, 9.17) is 4.74 Å². The lowest BCUT2D eigenvalue weighted by Crippen LogP contribution is -2.25. The number of carbonyl (C=O) groups excluding carboxylic acids is 1. The number of alkyl halides is 3. The molecule has 0 N–H and O–H groups in total. The standard InChI is InChI=1S/C14H16F3NO3/c1-3-5-12(19)21-18-13(14(15,16)17)10-6-8-11(9-7-10)20-4-2/h6-9H,3-5H2,1-2H3. The first-order valence-corrected chi connectivity index (χ1v) is 6.46. The lowest BCUT2D eigenvalue weighted by atomic mass is 10.1. The minimum absolute atomic E-state index is 0.0118. The number of rotatable bonds is 6. The smallest absolute Gasteiger partial charge is 0.437 e. The summed E-state index contributed by atoms with van der Waals surface area (Å²) in [6.45, 7) is 3.89. The Bertz CT molecular complexity index is 495. The van der Waals surface area contributed by atoms with Crippen LogP contribution in [-0.2, 0) is 9.63 Å². The van der Waals surface area contributed by atoms with Crippen molar-refractivity contribution in [3.8, 4) is 5.75 Å². The van der Waals surface area contributed by atoms with Crippen molar-refractivity contribution in [3.05, 3.63) is 29.8 Å². The molecule has 0 unspecified atom stereocenters. The monoisotopic (exact) mass is 303 g/mol. The molecule has 0 saturated carbocycles. The van der Waals surface area contributed by atoms with Gasteiger partial charge in [0.25, 0.3) is 0 Å². The molecule has 0 spiro atoms. The van der Waals surface area contributed by atoms with E-state index in [1.165, 1.54) is 24.3 Å². The highest BCUT2D eigenvalue weighted by molar-refractivity contribution is 6.04. The van der Waals surface area contributed by atoms with E-state index in [9.17, 15) is 18.0 Å². The van der Waals surface area contributed by atoms with Gasteiger partial charge in [-0.05, 0) is 37.6 Å². The van der Waals surface area contributed by atoms with E-state index in [0.29, 0.717) is 18.8 Å². The maximum absolute atomic E-state index is 12.9. The van der Waals surface area contributed by atoms with Crippen LogP contribution >= 0.6 is 0 Å². The molecule has 4 nitrogen and oxygen atoms in total. The van der Waals surface area contributed by atoms with Gasteiger partial charge in [-0.2, -0.15) is 13.2 Å². The first kappa shape index (κ1) is 17.0. The zero-order chi connectivity index (χ0) is 15.9. The van der Waals surface area contributed by atoms with Gasteiger partial charge in [0.1, 0.15) is 5.75 Å².